The summed E-state index contributed by atoms with van der Waals surface area (Å²) < 4.78 is 3.25. The maximum absolute atomic E-state index is 13.3. The van der Waals surface area contributed by atoms with Crippen LogP contribution in [0.5, 0.6) is 0 Å². The molecule has 0 spiro atoms. The Bertz CT molecular complexity index is 1480. The van der Waals surface area contributed by atoms with Crippen LogP contribution >= 0.6 is 11.3 Å². The lowest BCUT2D eigenvalue weighted by atomic mass is 9.90. The zero-order chi connectivity index (χ0) is 23.8. The van der Waals surface area contributed by atoms with Gasteiger partial charge in [-0.1, -0.05) is 72.9 Å². The Labute approximate surface area is 209 Å². The molecule has 1 aliphatic rings. The molecular formula is C30H29N3OS. The van der Waals surface area contributed by atoms with E-state index in [-0.39, 0.29) is 5.91 Å². The van der Waals surface area contributed by atoms with Crippen molar-refractivity contribution in [3.63, 3.8) is 0 Å². The molecule has 5 heteroatoms. The summed E-state index contributed by atoms with van der Waals surface area (Å²) in [5.74, 6) is 0.800. The van der Waals surface area contributed by atoms with E-state index in [1.807, 2.05) is 17.0 Å². The first kappa shape index (κ1) is 22.1. The zero-order valence-electron chi connectivity index (χ0n) is 20.0. The Kier molecular flexibility index (Phi) is 5.86. The first-order valence-corrected chi connectivity index (χ1v) is 13.3. The number of hydrogen-bond acceptors (Lipinski definition) is 3. The molecule has 0 radical (unpaired) electrons. The monoisotopic (exact) mass is 479 g/mol. The molecule has 1 aliphatic heterocycles. The summed E-state index contributed by atoms with van der Waals surface area (Å²) in [5.41, 5.74) is 6.73. The van der Waals surface area contributed by atoms with E-state index in [1.54, 1.807) is 11.3 Å². The van der Waals surface area contributed by atoms with Crippen molar-refractivity contribution in [2.24, 2.45) is 5.92 Å². The molecule has 4 nitrogen and oxygen atoms in total. The number of carbonyl (C=O) groups excluding carboxylic acids is 1. The number of aromatic nitrogens is 2. The Morgan fingerprint density at radius 1 is 0.971 bits per heavy atom. The van der Waals surface area contributed by atoms with Crippen LogP contribution in [0.1, 0.15) is 41.3 Å². The molecule has 0 bridgehead atoms. The van der Waals surface area contributed by atoms with Gasteiger partial charge in [0.15, 0.2) is 4.96 Å². The highest BCUT2D eigenvalue weighted by molar-refractivity contribution is 7.23. The molecule has 2 aromatic heterocycles. The quantitative estimate of drug-likeness (QED) is 0.276. The maximum Gasteiger partial charge on any atom is 0.253 e. The second kappa shape index (κ2) is 9.31. The van der Waals surface area contributed by atoms with E-state index < -0.39 is 0 Å². The predicted octanol–water partition coefficient (Wildman–Crippen LogP) is 6.87. The summed E-state index contributed by atoms with van der Waals surface area (Å²) in [5, 5.41) is 0. The molecular weight excluding hydrogens is 450 g/mol. The van der Waals surface area contributed by atoms with Crippen LogP contribution in [-0.4, -0.2) is 33.3 Å². The van der Waals surface area contributed by atoms with Crippen molar-refractivity contribution in [3.8, 4) is 11.3 Å². The number of nitrogens with zero attached hydrogens (tertiary/aromatic N) is 3. The summed E-state index contributed by atoms with van der Waals surface area (Å²) in [6.45, 7) is 3.84. The van der Waals surface area contributed by atoms with E-state index in [9.17, 15) is 4.79 Å². The minimum absolute atomic E-state index is 0.146. The summed E-state index contributed by atoms with van der Waals surface area (Å²) in [7, 11) is 0. The number of likely N-dealkylation sites (tertiary alicyclic amines) is 1. The van der Waals surface area contributed by atoms with Crippen molar-refractivity contribution in [1.82, 2.24) is 14.3 Å². The molecule has 0 N–H and O–H groups in total. The number of amides is 1. The fourth-order valence-electron chi connectivity index (χ4n) is 5.15. The second-order valence-corrected chi connectivity index (χ2v) is 10.5. The molecule has 5 aromatic rings. The lowest BCUT2D eigenvalue weighted by molar-refractivity contribution is 0.0691. The lowest BCUT2D eigenvalue weighted by Gasteiger charge is -2.32. The van der Waals surface area contributed by atoms with Gasteiger partial charge in [-0.05, 0) is 60.9 Å². The van der Waals surface area contributed by atoms with Gasteiger partial charge < -0.3 is 4.90 Å². The molecule has 0 atom stereocenters. The van der Waals surface area contributed by atoms with Crippen LogP contribution in [0.2, 0.25) is 0 Å². The highest BCUT2D eigenvalue weighted by Crippen LogP contribution is 2.31. The third-order valence-corrected chi connectivity index (χ3v) is 8.29. The molecule has 1 saturated heterocycles. The number of benzene rings is 3. The number of carbonyl (C=O) groups is 1. The smallest absolute Gasteiger partial charge is 0.253 e. The van der Waals surface area contributed by atoms with Crippen molar-refractivity contribution >= 4 is 32.4 Å². The van der Waals surface area contributed by atoms with Crippen molar-refractivity contribution < 1.29 is 4.79 Å². The minimum Gasteiger partial charge on any atom is -0.339 e. The fourth-order valence-corrected chi connectivity index (χ4v) is 6.20. The Balaban J connectivity index is 1.17. The fraction of sp³-hybridized carbons (Fsp3) is 0.267. The number of aryl methyl sites for hydroxylation is 1. The third-order valence-electron chi connectivity index (χ3n) is 7.27. The van der Waals surface area contributed by atoms with Gasteiger partial charge in [0.1, 0.15) is 0 Å². The van der Waals surface area contributed by atoms with Gasteiger partial charge >= 0.3 is 0 Å². The number of thiazole rings is 1. The molecule has 3 heterocycles. The van der Waals surface area contributed by atoms with Crippen LogP contribution in [0.3, 0.4) is 0 Å². The minimum atomic E-state index is 0.146. The molecule has 176 valence electrons. The average Bonchev–Trinajstić information content (AvgIpc) is 3.47. The van der Waals surface area contributed by atoms with E-state index in [0.29, 0.717) is 5.92 Å². The van der Waals surface area contributed by atoms with Crippen LogP contribution in [0.25, 0.3) is 26.4 Å². The van der Waals surface area contributed by atoms with Gasteiger partial charge in [-0.15, -0.1) is 0 Å². The van der Waals surface area contributed by atoms with Crippen LogP contribution in [0.15, 0.2) is 79.0 Å². The largest absolute Gasteiger partial charge is 0.339 e. The van der Waals surface area contributed by atoms with Gasteiger partial charge in [0.05, 0.1) is 15.9 Å². The molecule has 1 fully saturated rings. The van der Waals surface area contributed by atoms with Crippen molar-refractivity contribution in [1.29, 1.82) is 0 Å². The second-order valence-electron chi connectivity index (χ2n) is 9.54. The molecule has 35 heavy (non-hydrogen) atoms. The first-order valence-electron chi connectivity index (χ1n) is 12.5. The van der Waals surface area contributed by atoms with Gasteiger partial charge in [-0.25, -0.2) is 4.98 Å². The van der Waals surface area contributed by atoms with Crippen LogP contribution < -0.4 is 0 Å². The lowest BCUT2D eigenvalue weighted by Crippen LogP contribution is -2.38. The van der Waals surface area contributed by atoms with E-state index >= 15 is 0 Å². The summed E-state index contributed by atoms with van der Waals surface area (Å²) >= 11 is 1.65. The molecule has 6 rings (SSSR count). The van der Waals surface area contributed by atoms with E-state index in [2.05, 4.69) is 78.2 Å². The Morgan fingerprint density at radius 2 is 1.74 bits per heavy atom. The Morgan fingerprint density at radius 3 is 2.49 bits per heavy atom. The number of rotatable bonds is 5. The third kappa shape index (κ3) is 4.37. The van der Waals surface area contributed by atoms with Crippen molar-refractivity contribution in [3.05, 3.63) is 95.7 Å². The van der Waals surface area contributed by atoms with Crippen LogP contribution in [0, 0.1) is 5.92 Å². The van der Waals surface area contributed by atoms with Gasteiger partial charge in [-0.2, -0.15) is 0 Å². The van der Waals surface area contributed by atoms with Crippen molar-refractivity contribution in [2.45, 2.75) is 32.6 Å². The molecule has 1 amide bonds. The Hall–Kier alpha value is -3.44. The maximum atomic E-state index is 13.3. The number of piperidine rings is 1. The van der Waals surface area contributed by atoms with E-state index in [0.717, 1.165) is 70.8 Å². The van der Waals surface area contributed by atoms with Crippen LogP contribution in [0.4, 0.5) is 0 Å². The van der Waals surface area contributed by atoms with Gasteiger partial charge in [0.2, 0.25) is 0 Å². The normalized spacial score (nSPS) is 14.7. The topological polar surface area (TPSA) is 37.6 Å². The molecule has 0 unspecified atom stereocenters. The highest BCUT2D eigenvalue weighted by atomic mass is 32.1. The molecule has 0 saturated carbocycles. The molecule has 3 aromatic carbocycles. The number of imidazole rings is 1. The molecule has 0 aliphatic carbocycles. The van der Waals surface area contributed by atoms with Crippen LogP contribution in [-0.2, 0) is 12.8 Å². The van der Waals surface area contributed by atoms with Gasteiger partial charge in [0.25, 0.3) is 5.91 Å². The van der Waals surface area contributed by atoms with E-state index in [4.69, 9.17) is 4.98 Å². The number of fused-ring (bicyclic) bond motifs is 3. The average molecular weight is 480 g/mol. The van der Waals surface area contributed by atoms with Gasteiger partial charge in [-0.3, -0.25) is 9.20 Å². The van der Waals surface area contributed by atoms with Crippen molar-refractivity contribution in [2.75, 3.05) is 13.1 Å². The standard InChI is InChI=1S/C30H29N3OS/c1-2-21-8-10-24(11-9-21)26-20-33-27-13-12-25(19-28(27)35-30(33)31-26)29(34)32-16-14-23(15-17-32)18-22-6-4-3-5-7-22/h3-13,19-20,23H,2,14-18H2,1H3. The SMILES string of the molecule is CCc1ccc(-c2cn3c(n2)sc2cc(C(=O)N4CCC(Cc5ccccc5)CC4)ccc23)cc1. The van der Waals surface area contributed by atoms with Gasteiger partial charge in [0, 0.05) is 30.4 Å². The number of hydrogen-bond donors (Lipinski definition) is 0. The summed E-state index contributed by atoms with van der Waals surface area (Å²) in [6.07, 6.45) is 6.38. The first-order chi connectivity index (χ1) is 17.2. The zero-order valence-corrected chi connectivity index (χ0v) is 20.8. The van der Waals surface area contributed by atoms with E-state index in [1.165, 1.54) is 11.1 Å². The highest BCUT2D eigenvalue weighted by Gasteiger charge is 2.24. The summed E-state index contributed by atoms with van der Waals surface area (Å²) in [4.78, 5) is 21.1. The predicted molar refractivity (Wildman–Crippen MR) is 144 cm³/mol. The summed E-state index contributed by atoms with van der Waals surface area (Å²) in [6, 6.07) is 25.4.